The van der Waals surface area contributed by atoms with Crippen molar-refractivity contribution in [3.8, 4) is 0 Å². The minimum absolute atomic E-state index is 0.0464. The summed E-state index contributed by atoms with van der Waals surface area (Å²) in [5.74, 6) is -1.31. The molecule has 1 aromatic rings. The lowest BCUT2D eigenvalue weighted by Crippen LogP contribution is -2.33. The van der Waals surface area contributed by atoms with Crippen molar-refractivity contribution in [2.24, 2.45) is 5.92 Å². The molecule has 0 aromatic heterocycles. The van der Waals surface area contributed by atoms with Gasteiger partial charge < -0.3 is 10.2 Å². The molecule has 1 heterocycles. The van der Waals surface area contributed by atoms with Crippen LogP contribution in [0.15, 0.2) is 30.9 Å². The molecule has 0 radical (unpaired) electrons. The first-order valence-corrected chi connectivity index (χ1v) is 6.54. The lowest BCUT2D eigenvalue weighted by molar-refractivity contribution is -0.126. The summed E-state index contributed by atoms with van der Waals surface area (Å²) in [5, 5.41) is 2.62. The topological polar surface area (TPSA) is 49.4 Å². The molecular weight excluding hydrogens is 283 g/mol. The average Bonchev–Trinajstić information content (AvgIpc) is 2.81. The van der Waals surface area contributed by atoms with Crippen LogP contribution in [0, 0.1) is 11.7 Å². The van der Waals surface area contributed by atoms with Crippen molar-refractivity contribution in [1.82, 2.24) is 5.32 Å². The van der Waals surface area contributed by atoms with E-state index in [1.165, 1.54) is 23.1 Å². The minimum atomic E-state index is -0.540. The molecule has 1 atom stereocenters. The zero-order valence-corrected chi connectivity index (χ0v) is 11.5. The predicted molar refractivity (Wildman–Crippen MR) is 75.1 cm³/mol. The minimum Gasteiger partial charge on any atom is -0.352 e. The van der Waals surface area contributed by atoms with E-state index in [4.69, 9.17) is 11.6 Å². The second-order valence-electron chi connectivity index (χ2n) is 4.54. The highest BCUT2D eigenvalue weighted by Crippen LogP contribution is 2.28. The molecule has 1 aromatic carbocycles. The Morgan fingerprint density at radius 1 is 1.60 bits per heavy atom. The largest absolute Gasteiger partial charge is 0.352 e. The first-order valence-electron chi connectivity index (χ1n) is 6.17. The third-order valence-electron chi connectivity index (χ3n) is 3.13. The van der Waals surface area contributed by atoms with Gasteiger partial charge in [-0.1, -0.05) is 17.7 Å². The highest BCUT2D eigenvalue weighted by molar-refractivity contribution is 6.31. The molecule has 1 aliphatic rings. The van der Waals surface area contributed by atoms with Gasteiger partial charge in [-0.2, -0.15) is 0 Å². The van der Waals surface area contributed by atoms with Crippen LogP contribution in [0.1, 0.15) is 6.42 Å². The molecule has 1 saturated heterocycles. The lowest BCUT2D eigenvalue weighted by Gasteiger charge is -2.17. The highest BCUT2D eigenvalue weighted by atomic mass is 35.5. The number of hydrogen-bond acceptors (Lipinski definition) is 2. The molecule has 106 valence electrons. The Hall–Kier alpha value is -1.88. The summed E-state index contributed by atoms with van der Waals surface area (Å²) < 4.78 is 13.1. The van der Waals surface area contributed by atoms with Crippen LogP contribution in [0.4, 0.5) is 10.1 Å². The number of hydrogen-bond donors (Lipinski definition) is 1. The maximum Gasteiger partial charge on any atom is 0.227 e. The van der Waals surface area contributed by atoms with Gasteiger partial charge in [0, 0.05) is 25.2 Å². The zero-order chi connectivity index (χ0) is 14.7. The van der Waals surface area contributed by atoms with E-state index in [9.17, 15) is 14.0 Å². The predicted octanol–water partition coefficient (Wildman–Crippen LogP) is 2.13. The molecule has 6 heteroatoms. The number of carbonyl (C=O) groups excluding carboxylic acids is 2. The van der Waals surface area contributed by atoms with E-state index in [1.807, 2.05) is 0 Å². The maximum atomic E-state index is 13.1. The average molecular weight is 297 g/mol. The Balaban J connectivity index is 2.10. The number of nitrogens with zero attached hydrogens (tertiary/aromatic N) is 1. The summed E-state index contributed by atoms with van der Waals surface area (Å²) in [7, 11) is 0. The summed E-state index contributed by atoms with van der Waals surface area (Å²) in [6.45, 7) is 4.15. The molecular formula is C14H14ClFN2O2. The number of amides is 2. The zero-order valence-electron chi connectivity index (χ0n) is 10.7. The fourth-order valence-corrected chi connectivity index (χ4v) is 2.28. The molecule has 1 N–H and O–H groups in total. The van der Waals surface area contributed by atoms with Gasteiger partial charge in [0.2, 0.25) is 11.8 Å². The Kier molecular flexibility index (Phi) is 4.39. The van der Waals surface area contributed by atoms with Gasteiger partial charge in [-0.3, -0.25) is 9.59 Å². The van der Waals surface area contributed by atoms with Crippen LogP contribution in [0.2, 0.25) is 5.02 Å². The van der Waals surface area contributed by atoms with Crippen LogP contribution in [0.5, 0.6) is 0 Å². The van der Waals surface area contributed by atoms with E-state index in [2.05, 4.69) is 11.9 Å². The lowest BCUT2D eigenvalue weighted by atomic mass is 10.1. The third kappa shape index (κ3) is 2.99. The summed E-state index contributed by atoms with van der Waals surface area (Å²) in [6.07, 6.45) is 1.71. The Morgan fingerprint density at radius 3 is 3.00 bits per heavy atom. The summed E-state index contributed by atoms with van der Waals surface area (Å²) in [6, 6.07) is 4.07. The number of anilines is 1. The Morgan fingerprint density at radius 2 is 2.35 bits per heavy atom. The molecule has 1 fully saturated rings. The highest BCUT2D eigenvalue weighted by Gasteiger charge is 2.35. The number of carbonyl (C=O) groups is 2. The van der Waals surface area contributed by atoms with Crippen molar-refractivity contribution >= 4 is 29.1 Å². The van der Waals surface area contributed by atoms with Gasteiger partial charge in [-0.15, -0.1) is 6.58 Å². The van der Waals surface area contributed by atoms with Crippen LogP contribution in [0.25, 0.3) is 0 Å². The van der Waals surface area contributed by atoms with Gasteiger partial charge >= 0.3 is 0 Å². The van der Waals surface area contributed by atoms with Crippen molar-refractivity contribution < 1.29 is 14.0 Å². The number of rotatable bonds is 4. The van der Waals surface area contributed by atoms with Gasteiger partial charge in [-0.05, 0) is 18.2 Å². The summed E-state index contributed by atoms with van der Waals surface area (Å²) in [4.78, 5) is 25.2. The van der Waals surface area contributed by atoms with E-state index in [0.717, 1.165) is 0 Å². The molecule has 0 aliphatic carbocycles. The fourth-order valence-electron chi connectivity index (χ4n) is 2.10. The summed E-state index contributed by atoms with van der Waals surface area (Å²) in [5.41, 5.74) is 0.500. The molecule has 2 amide bonds. The van der Waals surface area contributed by atoms with E-state index < -0.39 is 11.7 Å². The quantitative estimate of drug-likeness (QED) is 0.866. The normalized spacial score (nSPS) is 18.2. The maximum absolute atomic E-state index is 13.1. The molecule has 20 heavy (non-hydrogen) atoms. The Bertz CT molecular complexity index is 562. The number of benzene rings is 1. The molecule has 0 unspecified atom stereocenters. The van der Waals surface area contributed by atoms with Crippen LogP contribution in [-0.2, 0) is 9.59 Å². The van der Waals surface area contributed by atoms with E-state index in [1.54, 1.807) is 6.08 Å². The van der Waals surface area contributed by atoms with E-state index in [0.29, 0.717) is 12.2 Å². The first kappa shape index (κ1) is 14.5. The van der Waals surface area contributed by atoms with Crippen molar-refractivity contribution in [3.63, 3.8) is 0 Å². The molecule has 0 saturated carbocycles. The van der Waals surface area contributed by atoms with Crippen LogP contribution < -0.4 is 10.2 Å². The van der Waals surface area contributed by atoms with Crippen LogP contribution in [-0.4, -0.2) is 24.9 Å². The van der Waals surface area contributed by atoms with Gasteiger partial charge in [0.05, 0.1) is 10.9 Å². The monoisotopic (exact) mass is 296 g/mol. The summed E-state index contributed by atoms with van der Waals surface area (Å²) >= 11 is 5.70. The Labute approximate surface area is 121 Å². The van der Waals surface area contributed by atoms with Crippen molar-refractivity contribution in [2.45, 2.75) is 6.42 Å². The van der Waals surface area contributed by atoms with Gasteiger partial charge in [0.25, 0.3) is 0 Å². The third-order valence-corrected chi connectivity index (χ3v) is 3.42. The van der Waals surface area contributed by atoms with Crippen molar-refractivity contribution in [2.75, 3.05) is 18.0 Å². The van der Waals surface area contributed by atoms with Gasteiger partial charge in [0.15, 0.2) is 0 Å². The molecule has 1 aliphatic heterocycles. The molecule has 0 spiro atoms. The molecule has 2 rings (SSSR count). The van der Waals surface area contributed by atoms with Crippen molar-refractivity contribution in [1.29, 1.82) is 0 Å². The van der Waals surface area contributed by atoms with Crippen LogP contribution in [0.3, 0.4) is 0 Å². The first-order chi connectivity index (χ1) is 9.52. The molecule has 0 bridgehead atoms. The fraction of sp³-hybridized carbons (Fsp3) is 0.286. The van der Waals surface area contributed by atoms with Crippen molar-refractivity contribution in [3.05, 3.63) is 41.7 Å². The number of nitrogens with one attached hydrogen (secondary N) is 1. The van der Waals surface area contributed by atoms with Gasteiger partial charge in [-0.25, -0.2) is 4.39 Å². The second-order valence-corrected chi connectivity index (χ2v) is 4.94. The molecule has 4 nitrogen and oxygen atoms in total. The SMILES string of the molecule is C=CCNC(=O)[C@H]1CC(=O)N(c2ccc(F)c(Cl)c2)C1. The van der Waals surface area contributed by atoms with Gasteiger partial charge in [0.1, 0.15) is 5.82 Å². The van der Waals surface area contributed by atoms with E-state index in [-0.39, 0.29) is 29.8 Å². The smallest absolute Gasteiger partial charge is 0.227 e. The van der Waals surface area contributed by atoms with Crippen LogP contribution >= 0.6 is 11.6 Å². The van der Waals surface area contributed by atoms with E-state index >= 15 is 0 Å². The number of halogens is 2. The second kappa shape index (κ2) is 6.05. The standard InChI is InChI=1S/C14H14ClFN2O2/c1-2-5-17-14(20)9-6-13(19)18(8-9)10-3-4-12(16)11(15)7-10/h2-4,7,9H,1,5-6,8H2,(H,17,20)/t9-/m0/s1.